The molecule has 1 aromatic heterocycles. The Kier molecular flexibility index (Phi) is 5.26. The molecular formula is C15H16BrClN2O. The lowest BCUT2D eigenvalue weighted by Gasteiger charge is -2.15. The second-order valence-corrected chi connectivity index (χ2v) is 5.84. The second kappa shape index (κ2) is 6.95. The van der Waals surface area contributed by atoms with E-state index in [4.69, 9.17) is 16.3 Å². The molecule has 3 nitrogen and oxygen atoms in total. The number of ether oxygens (including phenoxy) is 1. The van der Waals surface area contributed by atoms with Crippen LogP contribution in [0.3, 0.4) is 0 Å². The zero-order chi connectivity index (χ0) is 14.5. The van der Waals surface area contributed by atoms with Gasteiger partial charge in [-0.1, -0.05) is 29.8 Å². The first-order valence-corrected chi connectivity index (χ1v) is 7.53. The van der Waals surface area contributed by atoms with E-state index in [2.05, 4.69) is 26.2 Å². The summed E-state index contributed by atoms with van der Waals surface area (Å²) >= 11 is 9.23. The Morgan fingerprint density at radius 2 is 2.10 bits per heavy atom. The number of pyridine rings is 1. The van der Waals surface area contributed by atoms with Gasteiger partial charge in [-0.05, 0) is 41.9 Å². The zero-order valence-corrected chi connectivity index (χ0v) is 13.7. The van der Waals surface area contributed by atoms with Crippen molar-refractivity contribution in [1.29, 1.82) is 0 Å². The van der Waals surface area contributed by atoms with Gasteiger partial charge in [0.05, 0.1) is 22.5 Å². The van der Waals surface area contributed by atoms with Gasteiger partial charge in [0.25, 0.3) is 0 Å². The van der Waals surface area contributed by atoms with Crippen molar-refractivity contribution in [1.82, 2.24) is 4.98 Å². The molecule has 5 heteroatoms. The number of benzene rings is 1. The van der Waals surface area contributed by atoms with Crippen molar-refractivity contribution in [3.05, 3.63) is 51.7 Å². The lowest BCUT2D eigenvalue weighted by atomic mass is 10.2. The Bertz CT molecular complexity index is 590. The van der Waals surface area contributed by atoms with Crippen LogP contribution >= 0.6 is 27.5 Å². The van der Waals surface area contributed by atoms with Crippen LogP contribution < -0.4 is 10.1 Å². The summed E-state index contributed by atoms with van der Waals surface area (Å²) in [5.74, 6) is 0.899. The number of anilines is 1. The van der Waals surface area contributed by atoms with E-state index in [-0.39, 0.29) is 6.10 Å². The number of nitrogens with one attached hydrogen (secondary N) is 1. The number of nitrogens with zero attached hydrogens (tertiary/aromatic N) is 1. The fourth-order valence-electron chi connectivity index (χ4n) is 1.73. The van der Waals surface area contributed by atoms with Gasteiger partial charge in [0.15, 0.2) is 0 Å². The summed E-state index contributed by atoms with van der Waals surface area (Å²) in [7, 11) is 0. The largest absolute Gasteiger partial charge is 0.491 e. The van der Waals surface area contributed by atoms with E-state index >= 15 is 0 Å². The molecule has 0 fully saturated rings. The summed E-state index contributed by atoms with van der Waals surface area (Å²) in [6.07, 6.45) is 1.86. The summed E-state index contributed by atoms with van der Waals surface area (Å²) in [5.41, 5.74) is 2.01. The SMILES string of the molecule is CC(C)Oc1ccccc1CNc1cnc(Cl)c(Br)c1. The number of halogens is 2. The summed E-state index contributed by atoms with van der Waals surface area (Å²) in [4.78, 5) is 4.09. The Morgan fingerprint density at radius 1 is 1.35 bits per heavy atom. The molecule has 0 amide bonds. The first kappa shape index (κ1) is 15.1. The molecule has 0 aliphatic carbocycles. The van der Waals surface area contributed by atoms with Gasteiger partial charge in [-0.2, -0.15) is 0 Å². The van der Waals surface area contributed by atoms with Gasteiger partial charge in [0, 0.05) is 12.1 Å². The molecule has 0 atom stereocenters. The van der Waals surface area contributed by atoms with Crippen LogP contribution in [0.25, 0.3) is 0 Å². The van der Waals surface area contributed by atoms with E-state index in [0.717, 1.165) is 21.5 Å². The maximum atomic E-state index is 5.87. The Balaban J connectivity index is 2.08. The maximum absolute atomic E-state index is 5.87. The molecule has 2 aromatic rings. The third kappa shape index (κ3) is 4.12. The third-order valence-corrected chi connectivity index (χ3v) is 3.75. The summed E-state index contributed by atoms with van der Waals surface area (Å²) in [6, 6.07) is 9.90. The summed E-state index contributed by atoms with van der Waals surface area (Å²) in [5, 5.41) is 3.77. The van der Waals surface area contributed by atoms with Crippen LogP contribution in [0.5, 0.6) is 5.75 Å². The van der Waals surface area contributed by atoms with Crippen molar-refractivity contribution in [2.75, 3.05) is 5.32 Å². The van der Waals surface area contributed by atoms with Crippen LogP contribution in [0, 0.1) is 0 Å². The molecule has 0 unspecified atom stereocenters. The monoisotopic (exact) mass is 354 g/mol. The molecule has 2 rings (SSSR count). The molecule has 0 aliphatic heterocycles. The van der Waals surface area contributed by atoms with Gasteiger partial charge >= 0.3 is 0 Å². The summed E-state index contributed by atoms with van der Waals surface area (Å²) in [6.45, 7) is 4.70. The van der Waals surface area contributed by atoms with Crippen LogP contribution in [0.15, 0.2) is 41.0 Å². The minimum atomic E-state index is 0.155. The van der Waals surface area contributed by atoms with Gasteiger partial charge in [-0.25, -0.2) is 4.98 Å². The molecule has 0 spiro atoms. The highest BCUT2D eigenvalue weighted by Gasteiger charge is 2.06. The first-order chi connectivity index (χ1) is 9.56. The number of para-hydroxylation sites is 1. The average molecular weight is 356 g/mol. The molecule has 1 heterocycles. The molecular weight excluding hydrogens is 340 g/mol. The maximum Gasteiger partial charge on any atom is 0.143 e. The fraction of sp³-hybridized carbons (Fsp3) is 0.267. The molecule has 0 saturated carbocycles. The van der Waals surface area contributed by atoms with Gasteiger partial charge in [-0.15, -0.1) is 0 Å². The van der Waals surface area contributed by atoms with Crippen LogP contribution in [0.1, 0.15) is 19.4 Å². The van der Waals surface area contributed by atoms with Gasteiger partial charge in [0.2, 0.25) is 0 Å². The van der Waals surface area contributed by atoms with Crippen molar-refractivity contribution in [3.8, 4) is 5.75 Å². The predicted octanol–water partition coefficient (Wildman–Crippen LogP) is 4.90. The van der Waals surface area contributed by atoms with Crippen molar-refractivity contribution in [2.24, 2.45) is 0 Å². The number of hydrogen-bond donors (Lipinski definition) is 1. The highest BCUT2D eigenvalue weighted by Crippen LogP contribution is 2.24. The van der Waals surface area contributed by atoms with Crippen molar-refractivity contribution in [3.63, 3.8) is 0 Å². The van der Waals surface area contributed by atoms with E-state index < -0.39 is 0 Å². The van der Waals surface area contributed by atoms with Crippen LogP contribution in [-0.2, 0) is 6.54 Å². The van der Waals surface area contributed by atoms with Crippen LogP contribution in [0.2, 0.25) is 5.15 Å². The molecule has 20 heavy (non-hydrogen) atoms. The van der Waals surface area contributed by atoms with Crippen LogP contribution in [-0.4, -0.2) is 11.1 Å². The number of hydrogen-bond acceptors (Lipinski definition) is 3. The molecule has 0 aliphatic rings. The van der Waals surface area contributed by atoms with E-state index in [1.807, 2.05) is 44.2 Å². The highest BCUT2D eigenvalue weighted by molar-refractivity contribution is 9.10. The smallest absolute Gasteiger partial charge is 0.143 e. The van der Waals surface area contributed by atoms with Crippen LogP contribution in [0.4, 0.5) is 5.69 Å². The molecule has 1 N–H and O–H groups in total. The lowest BCUT2D eigenvalue weighted by Crippen LogP contribution is -2.09. The molecule has 1 aromatic carbocycles. The van der Waals surface area contributed by atoms with Gasteiger partial charge in [0.1, 0.15) is 10.9 Å². The highest BCUT2D eigenvalue weighted by atomic mass is 79.9. The minimum Gasteiger partial charge on any atom is -0.491 e. The predicted molar refractivity (Wildman–Crippen MR) is 86.5 cm³/mol. The fourth-order valence-corrected chi connectivity index (χ4v) is 2.19. The Morgan fingerprint density at radius 3 is 2.80 bits per heavy atom. The standard InChI is InChI=1S/C15H16BrClN2O/c1-10(2)20-14-6-4-3-5-11(14)8-18-12-7-13(16)15(17)19-9-12/h3-7,9-10,18H,8H2,1-2H3. The zero-order valence-electron chi connectivity index (χ0n) is 11.4. The molecule has 0 bridgehead atoms. The van der Waals surface area contributed by atoms with E-state index in [0.29, 0.717) is 11.7 Å². The summed E-state index contributed by atoms with van der Waals surface area (Å²) < 4.78 is 6.56. The van der Waals surface area contributed by atoms with E-state index in [9.17, 15) is 0 Å². The van der Waals surface area contributed by atoms with Gasteiger partial charge < -0.3 is 10.1 Å². The molecule has 106 valence electrons. The quantitative estimate of drug-likeness (QED) is 0.775. The van der Waals surface area contributed by atoms with E-state index in [1.165, 1.54) is 0 Å². The average Bonchev–Trinajstić information content (AvgIpc) is 2.41. The van der Waals surface area contributed by atoms with E-state index in [1.54, 1.807) is 6.20 Å². The number of rotatable bonds is 5. The molecule has 0 saturated heterocycles. The van der Waals surface area contributed by atoms with Crippen molar-refractivity contribution < 1.29 is 4.74 Å². The minimum absolute atomic E-state index is 0.155. The second-order valence-electron chi connectivity index (χ2n) is 4.62. The Labute approximate surface area is 132 Å². The molecule has 0 radical (unpaired) electrons. The van der Waals surface area contributed by atoms with Crippen molar-refractivity contribution >= 4 is 33.2 Å². The third-order valence-electron chi connectivity index (χ3n) is 2.61. The first-order valence-electron chi connectivity index (χ1n) is 6.35. The van der Waals surface area contributed by atoms with Gasteiger partial charge in [-0.3, -0.25) is 0 Å². The topological polar surface area (TPSA) is 34.1 Å². The Hall–Kier alpha value is -1.26. The van der Waals surface area contributed by atoms with Crippen molar-refractivity contribution in [2.45, 2.75) is 26.5 Å². The lowest BCUT2D eigenvalue weighted by molar-refractivity contribution is 0.240. The normalized spacial score (nSPS) is 10.7. The number of aromatic nitrogens is 1.